The minimum absolute atomic E-state index is 0.462. The molecule has 82 valence electrons. The molecule has 0 saturated heterocycles. The number of aryl methyl sites for hydroxylation is 1. The number of hydrogen-bond acceptors (Lipinski definition) is 2. The first-order valence-electron chi connectivity index (χ1n) is 5.96. The van der Waals surface area contributed by atoms with Crippen LogP contribution in [-0.4, -0.2) is 11.5 Å². The van der Waals surface area contributed by atoms with E-state index in [1.165, 1.54) is 30.5 Å². The molecule has 1 heterocycles. The molecule has 0 radical (unpaired) electrons. The van der Waals surface area contributed by atoms with E-state index in [4.69, 9.17) is 0 Å². The smallest absolute Gasteiger partial charge is 0.0602 e. The third kappa shape index (κ3) is 2.78. The molecule has 0 bridgehead atoms. The van der Waals surface area contributed by atoms with Crippen LogP contribution in [0.3, 0.4) is 0 Å². The summed E-state index contributed by atoms with van der Waals surface area (Å²) in [7, 11) is 0. The Morgan fingerprint density at radius 2 is 2.33 bits per heavy atom. The van der Waals surface area contributed by atoms with Gasteiger partial charge in [0.05, 0.1) is 5.69 Å². The molecule has 15 heavy (non-hydrogen) atoms. The Morgan fingerprint density at radius 1 is 1.53 bits per heavy atom. The molecule has 1 fully saturated rings. The molecule has 0 aromatic carbocycles. The van der Waals surface area contributed by atoms with E-state index in [1.807, 2.05) is 12.3 Å². The predicted octanol–water partition coefficient (Wildman–Crippen LogP) is 2.84. The van der Waals surface area contributed by atoms with Gasteiger partial charge in [-0.3, -0.25) is 4.98 Å². The Kier molecular flexibility index (Phi) is 3.37. The van der Waals surface area contributed by atoms with Gasteiger partial charge in [-0.25, -0.2) is 0 Å². The van der Waals surface area contributed by atoms with Gasteiger partial charge in [-0.05, 0) is 37.4 Å². The first-order chi connectivity index (χ1) is 7.31. The maximum Gasteiger partial charge on any atom is 0.0602 e. The number of rotatable bonds is 5. The van der Waals surface area contributed by atoms with Gasteiger partial charge in [0.15, 0.2) is 0 Å². The van der Waals surface area contributed by atoms with Crippen LogP contribution in [0.1, 0.15) is 43.5 Å². The van der Waals surface area contributed by atoms with E-state index in [-0.39, 0.29) is 0 Å². The Labute approximate surface area is 92.1 Å². The summed E-state index contributed by atoms with van der Waals surface area (Å²) in [6.07, 6.45) is 5.98. The van der Waals surface area contributed by atoms with Crippen LogP contribution in [0.15, 0.2) is 18.3 Å². The van der Waals surface area contributed by atoms with Crippen molar-refractivity contribution in [3.63, 3.8) is 0 Å². The Bertz CT molecular complexity index is 318. The zero-order valence-corrected chi connectivity index (χ0v) is 9.66. The summed E-state index contributed by atoms with van der Waals surface area (Å²) >= 11 is 0. The summed E-state index contributed by atoms with van der Waals surface area (Å²) in [5, 5.41) is 3.55. The van der Waals surface area contributed by atoms with Crippen molar-refractivity contribution in [2.24, 2.45) is 5.92 Å². The minimum Gasteiger partial charge on any atom is -0.309 e. The third-order valence-electron chi connectivity index (χ3n) is 3.10. The average Bonchev–Trinajstić information content (AvgIpc) is 3.02. The van der Waals surface area contributed by atoms with E-state index in [0.717, 1.165) is 12.5 Å². The van der Waals surface area contributed by atoms with Crippen LogP contribution < -0.4 is 5.32 Å². The van der Waals surface area contributed by atoms with Gasteiger partial charge in [0.25, 0.3) is 0 Å². The lowest BCUT2D eigenvalue weighted by Crippen LogP contribution is -2.23. The van der Waals surface area contributed by atoms with Gasteiger partial charge in [0, 0.05) is 12.2 Å². The fourth-order valence-electron chi connectivity index (χ4n) is 2.09. The minimum atomic E-state index is 0.462. The normalized spacial score (nSPS) is 17.7. The topological polar surface area (TPSA) is 24.9 Å². The van der Waals surface area contributed by atoms with Crippen LogP contribution in [0.4, 0.5) is 0 Å². The van der Waals surface area contributed by atoms with Crippen LogP contribution in [0.25, 0.3) is 0 Å². The number of nitrogens with one attached hydrogen (secondary N) is 1. The van der Waals surface area contributed by atoms with E-state index >= 15 is 0 Å². The molecule has 1 unspecified atom stereocenters. The summed E-state index contributed by atoms with van der Waals surface area (Å²) in [4.78, 5) is 4.52. The van der Waals surface area contributed by atoms with Gasteiger partial charge in [0.1, 0.15) is 0 Å². The standard InChI is InChI=1S/C13H20N2/c1-3-14-12(9-11-6-7-11)13-10(2)5-4-8-15-13/h4-5,8,11-12,14H,3,6-7,9H2,1-2H3. The van der Waals surface area contributed by atoms with Crippen molar-refractivity contribution in [1.82, 2.24) is 10.3 Å². The monoisotopic (exact) mass is 204 g/mol. The zero-order chi connectivity index (χ0) is 10.7. The lowest BCUT2D eigenvalue weighted by molar-refractivity contribution is 0.474. The maximum atomic E-state index is 4.52. The number of pyridine rings is 1. The van der Waals surface area contributed by atoms with Gasteiger partial charge in [-0.1, -0.05) is 25.8 Å². The van der Waals surface area contributed by atoms with Gasteiger partial charge in [0.2, 0.25) is 0 Å². The summed E-state index contributed by atoms with van der Waals surface area (Å²) in [5.41, 5.74) is 2.55. The van der Waals surface area contributed by atoms with Gasteiger partial charge < -0.3 is 5.32 Å². The van der Waals surface area contributed by atoms with Crippen molar-refractivity contribution in [3.8, 4) is 0 Å². The number of nitrogens with zero attached hydrogens (tertiary/aromatic N) is 1. The highest BCUT2D eigenvalue weighted by atomic mass is 14.9. The zero-order valence-electron chi connectivity index (χ0n) is 9.66. The SMILES string of the molecule is CCNC(CC1CC1)c1ncccc1C. The van der Waals surface area contributed by atoms with Gasteiger partial charge in [-0.15, -0.1) is 0 Å². The molecule has 1 aromatic rings. The summed E-state index contributed by atoms with van der Waals surface area (Å²) in [6, 6.07) is 4.63. The predicted molar refractivity (Wildman–Crippen MR) is 62.7 cm³/mol. The van der Waals surface area contributed by atoms with E-state index in [0.29, 0.717) is 6.04 Å². The van der Waals surface area contributed by atoms with Gasteiger partial charge in [-0.2, -0.15) is 0 Å². The lowest BCUT2D eigenvalue weighted by atomic mass is 10.0. The molecule has 0 spiro atoms. The summed E-state index contributed by atoms with van der Waals surface area (Å²) in [6.45, 7) is 5.34. The first-order valence-corrected chi connectivity index (χ1v) is 5.96. The highest BCUT2D eigenvalue weighted by Crippen LogP contribution is 2.37. The van der Waals surface area contributed by atoms with Crippen LogP contribution in [0.2, 0.25) is 0 Å². The Hall–Kier alpha value is -0.890. The third-order valence-corrected chi connectivity index (χ3v) is 3.10. The molecule has 0 aliphatic heterocycles. The van der Waals surface area contributed by atoms with Crippen LogP contribution in [0, 0.1) is 12.8 Å². The van der Waals surface area contributed by atoms with E-state index in [1.54, 1.807) is 0 Å². The molecule has 1 saturated carbocycles. The van der Waals surface area contributed by atoms with Crippen molar-refractivity contribution in [3.05, 3.63) is 29.6 Å². The van der Waals surface area contributed by atoms with Crippen molar-refractivity contribution < 1.29 is 0 Å². The number of aromatic nitrogens is 1. The highest BCUT2D eigenvalue weighted by molar-refractivity contribution is 5.21. The molecule has 1 N–H and O–H groups in total. The fraction of sp³-hybridized carbons (Fsp3) is 0.615. The quantitative estimate of drug-likeness (QED) is 0.797. The van der Waals surface area contributed by atoms with Crippen molar-refractivity contribution >= 4 is 0 Å². The lowest BCUT2D eigenvalue weighted by Gasteiger charge is -2.18. The largest absolute Gasteiger partial charge is 0.309 e. The van der Waals surface area contributed by atoms with E-state index in [9.17, 15) is 0 Å². The Balaban J connectivity index is 2.11. The molecule has 1 atom stereocenters. The van der Waals surface area contributed by atoms with E-state index < -0.39 is 0 Å². The van der Waals surface area contributed by atoms with Crippen molar-refractivity contribution in [2.45, 2.75) is 39.2 Å². The first kappa shape index (κ1) is 10.6. The number of hydrogen-bond donors (Lipinski definition) is 1. The van der Waals surface area contributed by atoms with Gasteiger partial charge >= 0.3 is 0 Å². The highest BCUT2D eigenvalue weighted by Gasteiger charge is 2.26. The second kappa shape index (κ2) is 4.75. The molecule has 2 nitrogen and oxygen atoms in total. The van der Waals surface area contributed by atoms with Crippen molar-refractivity contribution in [1.29, 1.82) is 0 Å². The molecule has 1 aromatic heterocycles. The van der Waals surface area contributed by atoms with E-state index in [2.05, 4.69) is 30.2 Å². The second-order valence-corrected chi connectivity index (χ2v) is 4.49. The maximum absolute atomic E-state index is 4.52. The summed E-state index contributed by atoms with van der Waals surface area (Å²) in [5.74, 6) is 0.940. The van der Waals surface area contributed by atoms with Crippen molar-refractivity contribution in [2.75, 3.05) is 6.54 Å². The van der Waals surface area contributed by atoms with Crippen LogP contribution in [-0.2, 0) is 0 Å². The molecular weight excluding hydrogens is 184 g/mol. The second-order valence-electron chi connectivity index (χ2n) is 4.49. The molecule has 2 heteroatoms. The molecule has 1 aliphatic rings. The average molecular weight is 204 g/mol. The summed E-state index contributed by atoms with van der Waals surface area (Å²) < 4.78 is 0. The van der Waals surface area contributed by atoms with Crippen LogP contribution >= 0.6 is 0 Å². The molecule has 1 aliphatic carbocycles. The Morgan fingerprint density at radius 3 is 2.93 bits per heavy atom. The molecule has 2 rings (SSSR count). The molecular formula is C13H20N2. The van der Waals surface area contributed by atoms with Crippen LogP contribution in [0.5, 0.6) is 0 Å². The fourth-order valence-corrected chi connectivity index (χ4v) is 2.09. The molecule has 0 amide bonds.